The zero-order chi connectivity index (χ0) is 13.0. The Morgan fingerprint density at radius 1 is 1.44 bits per heavy atom. The molecule has 1 aromatic heterocycles. The van der Waals surface area contributed by atoms with E-state index >= 15 is 0 Å². The number of hydrogen-bond donors (Lipinski definition) is 0. The molecule has 6 heteroatoms. The number of carbonyl (C=O) groups excluding carboxylic acids is 1. The molecule has 0 spiro atoms. The predicted molar refractivity (Wildman–Crippen MR) is 73.3 cm³/mol. The molecule has 0 N–H and O–H groups in total. The molecule has 18 heavy (non-hydrogen) atoms. The number of aromatic nitrogens is 2. The average Bonchev–Trinajstić information content (AvgIpc) is 2.68. The van der Waals surface area contributed by atoms with Gasteiger partial charge in [-0.25, -0.2) is 4.68 Å². The highest BCUT2D eigenvalue weighted by atomic mass is 32.2. The van der Waals surface area contributed by atoms with Crippen LogP contribution >= 0.6 is 23.1 Å². The van der Waals surface area contributed by atoms with Gasteiger partial charge < -0.3 is 0 Å². The van der Waals surface area contributed by atoms with Crippen LogP contribution in [-0.4, -0.2) is 15.7 Å². The van der Waals surface area contributed by atoms with Crippen LogP contribution in [0.3, 0.4) is 0 Å². The zero-order valence-corrected chi connectivity index (χ0v) is 11.8. The highest BCUT2D eigenvalue weighted by Crippen LogP contribution is 2.22. The molecule has 0 fully saturated rings. The van der Waals surface area contributed by atoms with E-state index in [1.807, 2.05) is 18.2 Å². The second-order valence-corrected chi connectivity index (χ2v) is 5.86. The quantitative estimate of drug-likeness (QED) is 0.809. The monoisotopic (exact) mass is 279 g/mol. The minimum atomic E-state index is -0.200. The second kappa shape index (κ2) is 5.97. The van der Waals surface area contributed by atoms with Crippen molar-refractivity contribution in [1.82, 2.24) is 9.78 Å². The maximum Gasteiger partial charge on any atom is 0.245 e. The van der Waals surface area contributed by atoms with Gasteiger partial charge in [-0.2, -0.15) is 10.1 Å². The van der Waals surface area contributed by atoms with Gasteiger partial charge in [0.1, 0.15) is 0 Å². The lowest BCUT2D eigenvalue weighted by molar-refractivity contribution is -0.116. The molecule has 0 aliphatic carbocycles. The molecule has 0 saturated carbocycles. The van der Waals surface area contributed by atoms with Crippen LogP contribution in [-0.2, 0) is 17.6 Å². The van der Waals surface area contributed by atoms with Gasteiger partial charge in [-0.1, -0.05) is 53.4 Å². The van der Waals surface area contributed by atoms with E-state index in [-0.39, 0.29) is 5.91 Å². The lowest BCUT2D eigenvalue weighted by Crippen LogP contribution is -2.13. The second-order valence-electron chi connectivity index (χ2n) is 3.68. The maximum absolute atomic E-state index is 10.9. The van der Waals surface area contributed by atoms with Gasteiger partial charge in [0, 0.05) is 19.7 Å². The Labute approximate surface area is 113 Å². The first-order valence-electron chi connectivity index (χ1n) is 5.41. The summed E-state index contributed by atoms with van der Waals surface area (Å²) in [4.78, 5) is 15.5. The van der Waals surface area contributed by atoms with Gasteiger partial charge in [0.05, 0.1) is 0 Å². The number of thioether (sulfide) groups is 1. The third-order valence-electron chi connectivity index (χ3n) is 2.15. The number of hydrogen-bond acceptors (Lipinski definition) is 4. The van der Waals surface area contributed by atoms with Gasteiger partial charge in [0.2, 0.25) is 10.7 Å². The summed E-state index contributed by atoms with van der Waals surface area (Å²) in [5.74, 6) is 0.669. The van der Waals surface area contributed by atoms with E-state index in [1.165, 1.54) is 23.8 Å². The Morgan fingerprint density at radius 2 is 2.17 bits per heavy atom. The zero-order valence-electron chi connectivity index (χ0n) is 10.2. The van der Waals surface area contributed by atoms with Gasteiger partial charge >= 0.3 is 0 Å². The molecule has 0 radical (unpaired) electrons. The molecule has 2 aromatic rings. The molecule has 1 amide bonds. The SMILES string of the molecule is CC(=O)N=c1sc(SCc2ccccc2)nn1C. The highest BCUT2D eigenvalue weighted by molar-refractivity contribution is 8.00. The fourth-order valence-electron chi connectivity index (χ4n) is 1.34. The summed E-state index contributed by atoms with van der Waals surface area (Å²) >= 11 is 3.09. The summed E-state index contributed by atoms with van der Waals surface area (Å²) in [5.41, 5.74) is 1.26. The van der Waals surface area contributed by atoms with E-state index in [1.54, 1.807) is 23.5 Å². The Hall–Kier alpha value is -1.40. The van der Waals surface area contributed by atoms with Gasteiger partial charge in [-0.3, -0.25) is 4.79 Å². The maximum atomic E-state index is 10.9. The Balaban J connectivity index is 2.09. The number of nitrogens with zero attached hydrogens (tertiary/aromatic N) is 3. The van der Waals surface area contributed by atoms with E-state index in [9.17, 15) is 4.79 Å². The van der Waals surface area contributed by atoms with Gasteiger partial charge in [-0.15, -0.1) is 0 Å². The van der Waals surface area contributed by atoms with Crippen molar-refractivity contribution < 1.29 is 4.79 Å². The van der Waals surface area contributed by atoms with Crippen molar-refractivity contribution in [3.8, 4) is 0 Å². The number of carbonyl (C=O) groups is 1. The molecule has 4 nitrogen and oxygen atoms in total. The number of amides is 1. The van der Waals surface area contributed by atoms with Crippen molar-refractivity contribution in [3.05, 3.63) is 40.7 Å². The molecular formula is C12H13N3OS2. The topological polar surface area (TPSA) is 47.2 Å². The van der Waals surface area contributed by atoms with Crippen molar-refractivity contribution in [2.24, 2.45) is 12.0 Å². The van der Waals surface area contributed by atoms with Crippen molar-refractivity contribution >= 4 is 29.0 Å². The Morgan fingerprint density at radius 3 is 2.83 bits per heavy atom. The third kappa shape index (κ3) is 3.54. The number of rotatable bonds is 3. The molecule has 1 aromatic carbocycles. The van der Waals surface area contributed by atoms with Crippen LogP contribution in [0.15, 0.2) is 39.7 Å². The standard InChI is InChI=1S/C12H13N3OS2/c1-9(16)13-11-15(2)14-12(18-11)17-8-10-6-4-3-5-7-10/h3-7H,8H2,1-2H3. The number of benzene rings is 1. The molecule has 0 saturated heterocycles. The lowest BCUT2D eigenvalue weighted by Gasteiger charge is -1.96. The van der Waals surface area contributed by atoms with Crippen molar-refractivity contribution in [1.29, 1.82) is 0 Å². The summed E-state index contributed by atoms with van der Waals surface area (Å²) in [7, 11) is 1.80. The van der Waals surface area contributed by atoms with E-state index < -0.39 is 0 Å². The molecule has 0 aliphatic heterocycles. The smallest absolute Gasteiger partial charge is 0.245 e. The Bertz CT molecular complexity index is 601. The lowest BCUT2D eigenvalue weighted by atomic mass is 10.2. The van der Waals surface area contributed by atoms with Gasteiger partial charge in [0.15, 0.2) is 4.34 Å². The first-order valence-corrected chi connectivity index (χ1v) is 7.21. The molecule has 2 rings (SSSR count). The molecule has 0 unspecified atom stereocenters. The van der Waals surface area contributed by atoms with E-state index in [2.05, 4.69) is 22.2 Å². The van der Waals surface area contributed by atoms with Crippen LogP contribution in [0, 0.1) is 0 Å². The largest absolute Gasteiger partial charge is 0.273 e. The molecular weight excluding hydrogens is 266 g/mol. The van der Waals surface area contributed by atoms with Crippen LogP contribution in [0.2, 0.25) is 0 Å². The summed E-state index contributed by atoms with van der Waals surface area (Å²) in [6.45, 7) is 1.44. The minimum Gasteiger partial charge on any atom is -0.273 e. The first-order chi connectivity index (χ1) is 8.65. The summed E-state index contributed by atoms with van der Waals surface area (Å²) < 4.78 is 2.56. The highest BCUT2D eigenvalue weighted by Gasteiger charge is 2.03. The average molecular weight is 279 g/mol. The Kier molecular flexibility index (Phi) is 4.33. The summed E-state index contributed by atoms with van der Waals surface area (Å²) in [5, 5.41) is 4.33. The molecule has 0 atom stereocenters. The van der Waals surface area contributed by atoms with Crippen LogP contribution in [0.4, 0.5) is 0 Å². The number of aryl methyl sites for hydroxylation is 1. The van der Waals surface area contributed by atoms with E-state index in [0.29, 0.717) is 4.80 Å². The third-order valence-corrected chi connectivity index (χ3v) is 4.35. The summed E-state index contributed by atoms with van der Waals surface area (Å²) in [6, 6.07) is 10.2. The van der Waals surface area contributed by atoms with Gasteiger partial charge in [-0.05, 0) is 5.56 Å². The fourth-order valence-corrected chi connectivity index (χ4v) is 3.30. The van der Waals surface area contributed by atoms with Gasteiger partial charge in [0.25, 0.3) is 0 Å². The molecule has 94 valence electrons. The van der Waals surface area contributed by atoms with Crippen LogP contribution < -0.4 is 4.80 Å². The van der Waals surface area contributed by atoms with Crippen molar-refractivity contribution in [2.45, 2.75) is 17.0 Å². The van der Waals surface area contributed by atoms with Crippen LogP contribution in [0.5, 0.6) is 0 Å². The van der Waals surface area contributed by atoms with E-state index in [4.69, 9.17) is 0 Å². The van der Waals surface area contributed by atoms with Crippen molar-refractivity contribution in [3.63, 3.8) is 0 Å². The molecule has 1 heterocycles. The molecule has 0 aliphatic rings. The minimum absolute atomic E-state index is 0.200. The molecule has 0 bridgehead atoms. The predicted octanol–water partition coefficient (Wildman–Crippen LogP) is 2.22. The van der Waals surface area contributed by atoms with E-state index in [0.717, 1.165) is 10.1 Å². The first kappa shape index (κ1) is 13.0. The van der Waals surface area contributed by atoms with Crippen LogP contribution in [0.25, 0.3) is 0 Å². The van der Waals surface area contributed by atoms with Crippen molar-refractivity contribution in [2.75, 3.05) is 0 Å². The fraction of sp³-hybridized carbons (Fsp3) is 0.250. The normalized spacial score (nSPS) is 11.8. The summed E-state index contributed by atoms with van der Waals surface area (Å²) in [6.07, 6.45) is 0. The van der Waals surface area contributed by atoms with Crippen LogP contribution in [0.1, 0.15) is 12.5 Å².